The summed E-state index contributed by atoms with van der Waals surface area (Å²) in [4.78, 5) is 0. The summed E-state index contributed by atoms with van der Waals surface area (Å²) in [6.45, 7) is 2.28. The Hall–Kier alpha value is 0.434. The van der Waals surface area contributed by atoms with E-state index < -0.39 is 0 Å². The molecule has 0 unspecified atom stereocenters. The van der Waals surface area contributed by atoms with Crippen molar-refractivity contribution < 1.29 is 0 Å². The average molecular weight is 90.3 g/mol. The lowest BCUT2D eigenvalue weighted by atomic mass is 11.0. The van der Waals surface area contributed by atoms with Crippen LogP contribution in [0.1, 0.15) is 6.92 Å². The summed E-state index contributed by atoms with van der Waals surface area (Å²) in [6.07, 6.45) is 0. The molecule has 2 heteroatoms. The van der Waals surface area contributed by atoms with E-state index in [1.807, 2.05) is 0 Å². The van der Waals surface area contributed by atoms with Gasteiger partial charge in [-0.2, -0.15) is 0 Å². The fourth-order valence-electron chi connectivity index (χ4n) is 0. The Labute approximate surface area is 32.6 Å². The van der Waals surface area contributed by atoms with Crippen molar-refractivity contribution >= 4 is 18.8 Å². The summed E-state index contributed by atoms with van der Waals surface area (Å²) < 4.78 is 0. The molecule has 0 saturated heterocycles. The van der Waals surface area contributed by atoms with Gasteiger partial charge >= 0.3 is 0 Å². The summed E-state index contributed by atoms with van der Waals surface area (Å²) in [5, 5.41) is 0. The van der Waals surface area contributed by atoms with Gasteiger partial charge in [0.05, 0.1) is 0 Å². The van der Waals surface area contributed by atoms with E-state index in [0.717, 1.165) is 0 Å². The van der Waals surface area contributed by atoms with Gasteiger partial charge in [-0.25, -0.2) is 0 Å². The molecule has 0 radical (unpaired) electrons. The van der Waals surface area contributed by atoms with Crippen LogP contribution in [0.5, 0.6) is 0 Å². The van der Waals surface area contributed by atoms with Gasteiger partial charge in [0.25, 0.3) is 0 Å². The lowest BCUT2D eigenvalue weighted by Gasteiger charge is -1.65. The molecule has 0 aliphatic rings. The first-order chi connectivity index (χ1) is 1.91. The van der Waals surface area contributed by atoms with Gasteiger partial charge in [-0.3, -0.25) is 0 Å². The Bertz CT molecular complexity index is 6.00. The van der Waals surface area contributed by atoms with Crippen molar-refractivity contribution in [3.8, 4) is 0 Å². The minimum absolute atomic E-state index is 0.563. The van der Waals surface area contributed by atoms with Gasteiger partial charge in [0.15, 0.2) is 0 Å². The molecule has 0 aromatic rings. The summed E-state index contributed by atoms with van der Waals surface area (Å²) in [5.74, 6) is 0. The van der Waals surface area contributed by atoms with Crippen LogP contribution in [-0.4, -0.2) is 18.8 Å². The molecule has 4 heavy (non-hydrogen) atoms. The normalized spacial score (nSPS) is 11.2. The van der Waals surface area contributed by atoms with Crippen LogP contribution in [0.25, 0.3) is 0 Å². The van der Waals surface area contributed by atoms with Crippen LogP contribution in [0.15, 0.2) is 0 Å². The Kier molecular flexibility index (Phi) is 3.81. The van der Waals surface area contributed by atoms with Gasteiger partial charge in [0, 0.05) is 9.04 Å². The minimum atomic E-state index is 0.563. The molecule has 0 aliphatic heterocycles. The summed E-state index contributed by atoms with van der Waals surface area (Å²) in [7, 11) is 2.09. The molecule has 0 bridgehead atoms. The molecule has 0 rings (SSSR count). The van der Waals surface area contributed by atoms with Crippen molar-refractivity contribution in [2.24, 2.45) is 0 Å². The van der Waals surface area contributed by atoms with Gasteiger partial charge < -0.3 is 0 Å². The maximum Gasteiger partial charge on any atom is 0.00378 e. The topological polar surface area (TPSA) is 0 Å². The van der Waals surface area contributed by atoms with Crippen LogP contribution >= 0.6 is 0 Å². The molecule has 0 atom stereocenters. The third-order valence-electron chi connectivity index (χ3n) is 0.500. The Morgan fingerprint density at radius 3 is 2.25 bits per heavy atom. The van der Waals surface area contributed by atoms with Crippen molar-refractivity contribution in [2.45, 2.75) is 13.0 Å². The van der Waals surface area contributed by atoms with E-state index in [2.05, 4.69) is 6.92 Å². The number of hydrogen-bond acceptors (Lipinski definition) is 0. The molecule has 0 aliphatic carbocycles. The van der Waals surface area contributed by atoms with Crippen molar-refractivity contribution in [3.05, 3.63) is 0 Å². The maximum atomic E-state index is 2.28. The second-order valence-electron chi connectivity index (χ2n) is 1.000. The van der Waals surface area contributed by atoms with E-state index in [1.165, 1.54) is 15.8 Å². The first-order valence-electron chi connectivity index (χ1n) is 1.91. The lowest BCUT2D eigenvalue weighted by Crippen LogP contribution is -1.78. The minimum Gasteiger partial charge on any atom is -0.0685 e. The van der Waals surface area contributed by atoms with Crippen LogP contribution in [0.2, 0.25) is 6.04 Å². The molecule has 0 nitrogen and oxygen atoms in total. The zero-order chi connectivity index (χ0) is 3.41. The SMILES string of the molecule is CC[SiH2][SiH3]. The summed E-state index contributed by atoms with van der Waals surface area (Å²) >= 11 is 0. The number of hydrogen-bond donors (Lipinski definition) is 0. The van der Waals surface area contributed by atoms with Gasteiger partial charge in [-0.1, -0.05) is 13.0 Å². The zero-order valence-corrected chi connectivity index (χ0v) is 6.83. The van der Waals surface area contributed by atoms with Gasteiger partial charge in [0.2, 0.25) is 0 Å². The Morgan fingerprint density at radius 2 is 2.25 bits per heavy atom. The van der Waals surface area contributed by atoms with E-state index in [1.54, 1.807) is 0 Å². The van der Waals surface area contributed by atoms with Crippen LogP contribution in [0.3, 0.4) is 0 Å². The first kappa shape index (κ1) is 4.43. The Morgan fingerprint density at radius 1 is 2.00 bits per heavy atom. The molecule has 0 amide bonds. The largest absolute Gasteiger partial charge is 0.0685 e. The van der Waals surface area contributed by atoms with Gasteiger partial charge in [0.1, 0.15) is 0 Å². The highest BCUT2D eigenvalue weighted by atomic mass is 29.1. The fourth-order valence-corrected chi connectivity index (χ4v) is 0. The standard InChI is InChI=1S/C2H10Si2/c1-2-4-3/h2,4H2,1,3H3. The molecule has 26 valence electrons. The highest BCUT2D eigenvalue weighted by Crippen LogP contribution is 1.59. The molecular weight excluding hydrogens is 80.2 g/mol. The molecule has 0 aromatic carbocycles. The van der Waals surface area contributed by atoms with Crippen molar-refractivity contribution in [3.63, 3.8) is 0 Å². The monoisotopic (exact) mass is 90.0 g/mol. The van der Waals surface area contributed by atoms with Crippen LogP contribution in [0, 0.1) is 0 Å². The smallest absolute Gasteiger partial charge is 0.00378 e. The maximum absolute atomic E-state index is 2.28. The number of rotatable bonds is 1. The molecule has 0 spiro atoms. The first-order valence-corrected chi connectivity index (χ1v) is 8.57. The van der Waals surface area contributed by atoms with E-state index in [9.17, 15) is 0 Å². The molecule has 0 saturated carbocycles. The lowest BCUT2D eigenvalue weighted by molar-refractivity contribution is 1.47. The van der Waals surface area contributed by atoms with E-state index in [0.29, 0.717) is 9.04 Å². The van der Waals surface area contributed by atoms with Crippen LogP contribution in [0.4, 0.5) is 0 Å². The van der Waals surface area contributed by atoms with Crippen molar-refractivity contribution in [2.75, 3.05) is 0 Å². The molecule has 0 heterocycles. The molecule has 0 N–H and O–H groups in total. The zero-order valence-electron chi connectivity index (χ0n) is 3.41. The van der Waals surface area contributed by atoms with E-state index >= 15 is 0 Å². The molecular formula is C2H10Si2. The van der Waals surface area contributed by atoms with Gasteiger partial charge in [-0.15, -0.1) is 0 Å². The van der Waals surface area contributed by atoms with E-state index in [4.69, 9.17) is 0 Å². The molecule has 0 fully saturated rings. The predicted octanol–water partition coefficient (Wildman–Crippen LogP) is -1.13. The second-order valence-corrected chi connectivity index (χ2v) is 6.00. The van der Waals surface area contributed by atoms with Crippen molar-refractivity contribution in [1.29, 1.82) is 0 Å². The summed E-state index contributed by atoms with van der Waals surface area (Å²) in [5.41, 5.74) is 0. The Balaban J connectivity index is 1.97. The van der Waals surface area contributed by atoms with Crippen LogP contribution < -0.4 is 0 Å². The highest BCUT2D eigenvalue weighted by Gasteiger charge is 1.59. The summed E-state index contributed by atoms with van der Waals surface area (Å²) in [6, 6.07) is 1.52. The highest BCUT2D eigenvalue weighted by molar-refractivity contribution is 6.89. The third-order valence-corrected chi connectivity index (χ3v) is 4.50. The predicted molar refractivity (Wildman–Crippen MR) is 29.0 cm³/mol. The fraction of sp³-hybridized carbons (Fsp3) is 1.00. The quantitative estimate of drug-likeness (QED) is 0.358. The molecule has 0 aromatic heterocycles. The van der Waals surface area contributed by atoms with Crippen molar-refractivity contribution in [1.82, 2.24) is 0 Å². The van der Waals surface area contributed by atoms with Gasteiger partial charge in [-0.05, 0) is 9.76 Å². The third kappa shape index (κ3) is 2.43. The second kappa shape index (κ2) is 3.43. The average Bonchev–Trinajstić information content (AvgIpc) is 1.37. The van der Waals surface area contributed by atoms with Crippen LogP contribution in [-0.2, 0) is 0 Å². The van der Waals surface area contributed by atoms with E-state index in [-0.39, 0.29) is 0 Å².